The second-order valence-corrected chi connectivity index (χ2v) is 6.99. The summed E-state index contributed by atoms with van der Waals surface area (Å²) < 4.78 is 0. The van der Waals surface area contributed by atoms with Crippen molar-refractivity contribution < 1.29 is 0 Å². The van der Waals surface area contributed by atoms with Crippen molar-refractivity contribution in [1.29, 1.82) is 0 Å². The normalized spacial score (nSPS) is 18.5. The number of aryl methyl sites for hydroxylation is 2. The molecule has 3 rings (SSSR count). The maximum atomic E-state index is 6.32. The minimum Gasteiger partial charge on any atom is -0.393 e. The van der Waals surface area contributed by atoms with E-state index < -0.39 is 0 Å². The fourth-order valence-electron chi connectivity index (χ4n) is 2.76. The van der Waals surface area contributed by atoms with E-state index in [1.54, 1.807) is 17.7 Å². The predicted molar refractivity (Wildman–Crippen MR) is 92.0 cm³/mol. The van der Waals surface area contributed by atoms with Crippen molar-refractivity contribution in [3.8, 4) is 0 Å². The number of nitrogens with two attached hydrogens (primary N) is 1. The highest BCUT2D eigenvalue weighted by atomic mass is 32.1. The molecule has 1 aliphatic heterocycles. The van der Waals surface area contributed by atoms with Crippen molar-refractivity contribution in [3.05, 3.63) is 16.9 Å². The van der Waals surface area contributed by atoms with Gasteiger partial charge in [-0.1, -0.05) is 0 Å². The zero-order valence-corrected chi connectivity index (χ0v) is 14.1. The van der Waals surface area contributed by atoms with Gasteiger partial charge in [0.1, 0.15) is 12.0 Å². The highest BCUT2D eigenvalue weighted by molar-refractivity contribution is 7.15. The molecule has 2 aromatic rings. The quantitative estimate of drug-likeness (QED) is 0.904. The van der Waals surface area contributed by atoms with Gasteiger partial charge in [-0.05, 0) is 40.0 Å². The van der Waals surface area contributed by atoms with Crippen molar-refractivity contribution >= 4 is 33.8 Å². The molecule has 1 atom stereocenters. The minimum absolute atomic E-state index is 0.461. The maximum absolute atomic E-state index is 6.32. The van der Waals surface area contributed by atoms with Crippen LogP contribution in [0.4, 0.5) is 22.5 Å². The van der Waals surface area contributed by atoms with Crippen LogP contribution >= 0.6 is 11.3 Å². The molecule has 1 fully saturated rings. The second kappa shape index (κ2) is 6.08. The van der Waals surface area contributed by atoms with Gasteiger partial charge in [0.05, 0.1) is 5.69 Å². The van der Waals surface area contributed by atoms with Crippen molar-refractivity contribution in [2.75, 3.05) is 22.5 Å². The molecule has 0 aliphatic carbocycles. The fraction of sp³-hybridized carbons (Fsp3) is 0.533. The zero-order chi connectivity index (χ0) is 15.7. The molecule has 1 aliphatic rings. The molecule has 3 N–H and O–H groups in total. The van der Waals surface area contributed by atoms with Gasteiger partial charge in [-0.2, -0.15) is 0 Å². The number of rotatable bonds is 3. The van der Waals surface area contributed by atoms with Crippen LogP contribution in [0.3, 0.4) is 0 Å². The summed E-state index contributed by atoms with van der Waals surface area (Å²) in [5, 5.41) is 4.05. The lowest BCUT2D eigenvalue weighted by atomic mass is 10.0. The van der Waals surface area contributed by atoms with E-state index in [1.807, 2.05) is 6.92 Å². The SMILES string of the molecule is Cc1nc(Nc2ncnc(N3CCCCC3C)c2N)sc1C. The molecule has 0 radical (unpaired) electrons. The average molecular weight is 318 g/mol. The van der Waals surface area contributed by atoms with E-state index in [4.69, 9.17) is 5.73 Å². The standard InChI is InChI=1S/C15H22N6S/c1-9-6-4-5-7-21(9)14-12(16)13(17-8-18-14)20-15-19-10(2)11(3)22-15/h8-9H,4-7,16H2,1-3H3,(H,17,18,19,20). The number of thiazole rings is 1. The van der Waals surface area contributed by atoms with Gasteiger partial charge < -0.3 is 16.0 Å². The molecule has 2 aromatic heterocycles. The number of aromatic nitrogens is 3. The summed E-state index contributed by atoms with van der Waals surface area (Å²) in [5.74, 6) is 1.46. The second-order valence-electron chi connectivity index (χ2n) is 5.78. The molecule has 7 heteroatoms. The Morgan fingerprint density at radius 2 is 2.14 bits per heavy atom. The van der Waals surface area contributed by atoms with Gasteiger partial charge in [0.15, 0.2) is 16.8 Å². The van der Waals surface area contributed by atoms with Crippen LogP contribution in [-0.2, 0) is 0 Å². The number of nitrogens with one attached hydrogen (secondary N) is 1. The summed E-state index contributed by atoms with van der Waals surface area (Å²) in [6.45, 7) is 7.28. The molecule has 1 saturated heterocycles. The Kier molecular flexibility index (Phi) is 4.15. The zero-order valence-electron chi connectivity index (χ0n) is 13.3. The first kappa shape index (κ1) is 15.0. The molecule has 1 unspecified atom stereocenters. The summed E-state index contributed by atoms with van der Waals surface area (Å²) in [6.07, 6.45) is 5.20. The van der Waals surface area contributed by atoms with Crippen LogP contribution in [-0.4, -0.2) is 27.5 Å². The van der Waals surface area contributed by atoms with E-state index >= 15 is 0 Å². The van der Waals surface area contributed by atoms with Gasteiger partial charge in [0.25, 0.3) is 0 Å². The third-order valence-electron chi connectivity index (χ3n) is 4.19. The number of hydrogen-bond donors (Lipinski definition) is 2. The van der Waals surface area contributed by atoms with Gasteiger partial charge in [-0.3, -0.25) is 0 Å². The van der Waals surface area contributed by atoms with Gasteiger partial charge in [0, 0.05) is 17.5 Å². The van der Waals surface area contributed by atoms with Crippen LogP contribution in [0, 0.1) is 13.8 Å². The molecule has 22 heavy (non-hydrogen) atoms. The molecule has 0 amide bonds. The van der Waals surface area contributed by atoms with Crippen LogP contribution < -0.4 is 16.0 Å². The van der Waals surface area contributed by atoms with Crippen LogP contribution in [0.5, 0.6) is 0 Å². The number of nitrogens with zero attached hydrogens (tertiary/aromatic N) is 4. The van der Waals surface area contributed by atoms with Crippen LogP contribution in [0.2, 0.25) is 0 Å². The number of nitrogen functional groups attached to an aromatic ring is 1. The fourth-order valence-corrected chi connectivity index (χ4v) is 3.57. The first-order valence-corrected chi connectivity index (χ1v) is 8.46. The number of piperidine rings is 1. The topological polar surface area (TPSA) is 80.0 Å². The monoisotopic (exact) mass is 318 g/mol. The van der Waals surface area contributed by atoms with Crippen molar-refractivity contribution in [1.82, 2.24) is 15.0 Å². The Morgan fingerprint density at radius 3 is 2.82 bits per heavy atom. The first-order valence-electron chi connectivity index (χ1n) is 7.64. The van der Waals surface area contributed by atoms with Crippen LogP contribution in [0.15, 0.2) is 6.33 Å². The van der Waals surface area contributed by atoms with E-state index in [1.165, 1.54) is 24.1 Å². The van der Waals surface area contributed by atoms with E-state index in [-0.39, 0.29) is 0 Å². The van der Waals surface area contributed by atoms with Crippen molar-refractivity contribution in [3.63, 3.8) is 0 Å². The smallest absolute Gasteiger partial charge is 0.188 e. The largest absolute Gasteiger partial charge is 0.393 e. The third kappa shape index (κ3) is 2.85. The number of anilines is 4. The number of hydrogen-bond acceptors (Lipinski definition) is 7. The molecule has 0 spiro atoms. The Hall–Kier alpha value is -1.89. The molecular weight excluding hydrogens is 296 g/mol. The molecule has 0 bridgehead atoms. The molecule has 0 saturated carbocycles. The van der Waals surface area contributed by atoms with Crippen molar-refractivity contribution in [2.45, 2.75) is 46.1 Å². The van der Waals surface area contributed by atoms with E-state index in [0.29, 0.717) is 17.5 Å². The third-order valence-corrected chi connectivity index (χ3v) is 5.18. The molecule has 6 nitrogen and oxygen atoms in total. The summed E-state index contributed by atoms with van der Waals surface area (Å²) >= 11 is 1.61. The summed E-state index contributed by atoms with van der Waals surface area (Å²) in [5.41, 5.74) is 7.95. The van der Waals surface area contributed by atoms with E-state index in [9.17, 15) is 0 Å². The van der Waals surface area contributed by atoms with Gasteiger partial charge >= 0.3 is 0 Å². The highest BCUT2D eigenvalue weighted by Crippen LogP contribution is 2.33. The average Bonchev–Trinajstić information content (AvgIpc) is 2.81. The Labute approximate surface area is 134 Å². The van der Waals surface area contributed by atoms with E-state index in [2.05, 4.69) is 39.0 Å². The Balaban J connectivity index is 1.88. The van der Waals surface area contributed by atoms with Gasteiger partial charge in [-0.15, -0.1) is 11.3 Å². The lowest BCUT2D eigenvalue weighted by molar-refractivity contribution is 0.481. The van der Waals surface area contributed by atoms with Crippen molar-refractivity contribution in [2.24, 2.45) is 0 Å². The molecule has 118 valence electrons. The summed E-state index contributed by atoms with van der Waals surface area (Å²) in [7, 11) is 0. The van der Waals surface area contributed by atoms with Crippen LogP contribution in [0.1, 0.15) is 36.8 Å². The maximum Gasteiger partial charge on any atom is 0.188 e. The predicted octanol–water partition coefficient (Wildman–Crippen LogP) is 3.25. The minimum atomic E-state index is 0.461. The lowest BCUT2D eigenvalue weighted by Crippen LogP contribution is -2.38. The molecule has 3 heterocycles. The Bertz CT molecular complexity index is 649. The Morgan fingerprint density at radius 1 is 1.32 bits per heavy atom. The summed E-state index contributed by atoms with van der Waals surface area (Å²) in [4.78, 5) is 16.7. The lowest BCUT2D eigenvalue weighted by Gasteiger charge is -2.35. The molecular formula is C15H22N6S. The van der Waals surface area contributed by atoms with Gasteiger partial charge in [0.2, 0.25) is 0 Å². The highest BCUT2D eigenvalue weighted by Gasteiger charge is 2.23. The van der Waals surface area contributed by atoms with Crippen LogP contribution in [0.25, 0.3) is 0 Å². The van der Waals surface area contributed by atoms with E-state index in [0.717, 1.165) is 23.2 Å². The van der Waals surface area contributed by atoms with Gasteiger partial charge in [-0.25, -0.2) is 15.0 Å². The molecule has 0 aromatic carbocycles. The first-order chi connectivity index (χ1) is 10.6. The summed E-state index contributed by atoms with van der Waals surface area (Å²) in [6, 6.07) is 0.461.